The van der Waals surface area contributed by atoms with Crippen LogP contribution in [0.1, 0.15) is 36.6 Å². The third kappa shape index (κ3) is 2.68. The van der Waals surface area contributed by atoms with Crippen LogP contribution >= 0.6 is 0 Å². The van der Waals surface area contributed by atoms with Crippen molar-refractivity contribution in [3.8, 4) is 0 Å². The number of aliphatic carboxylic acids is 1. The fourth-order valence-corrected chi connectivity index (χ4v) is 2.40. The maximum absolute atomic E-state index is 10.5. The maximum Gasteiger partial charge on any atom is 0.303 e. The summed E-state index contributed by atoms with van der Waals surface area (Å²) < 4.78 is 3.82. The topological polar surface area (TPSA) is 98.7 Å². The van der Waals surface area contributed by atoms with E-state index in [0.717, 1.165) is 31.0 Å². The number of nitrogens with zero attached hydrogens (tertiary/aromatic N) is 6. The van der Waals surface area contributed by atoms with Gasteiger partial charge in [-0.05, 0) is 12.8 Å². The first kappa shape index (κ1) is 12.8. The Morgan fingerprint density at radius 1 is 1.30 bits per heavy atom. The van der Waals surface area contributed by atoms with Crippen molar-refractivity contribution in [3.63, 3.8) is 0 Å². The van der Waals surface area contributed by atoms with Crippen molar-refractivity contribution in [2.24, 2.45) is 0 Å². The SMILES string of the molecule is O=C(O)CCc1cn(Cc2nnc3n2CCCC3)nn1. The molecular weight excluding hydrogens is 260 g/mol. The van der Waals surface area contributed by atoms with Crippen molar-refractivity contribution < 1.29 is 9.90 Å². The molecule has 3 heterocycles. The van der Waals surface area contributed by atoms with Gasteiger partial charge in [-0.15, -0.1) is 15.3 Å². The molecule has 0 atom stereocenters. The van der Waals surface area contributed by atoms with Gasteiger partial charge >= 0.3 is 5.97 Å². The summed E-state index contributed by atoms with van der Waals surface area (Å²) in [6.45, 7) is 1.48. The minimum absolute atomic E-state index is 0.0685. The number of carbonyl (C=O) groups is 1. The highest BCUT2D eigenvalue weighted by molar-refractivity contribution is 5.66. The van der Waals surface area contributed by atoms with Crippen LogP contribution in [0.4, 0.5) is 0 Å². The molecule has 0 saturated carbocycles. The normalized spacial score (nSPS) is 14.2. The van der Waals surface area contributed by atoms with Crippen molar-refractivity contribution in [2.45, 2.75) is 45.2 Å². The Morgan fingerprint density at radius 3 is 3.05 bits per heavy atom. The second-order valence-corrected chi connectivity index (χ2v) is 4.94. The van der Waals surface area contributed by atoms with Gasteiger partial charge in [0.2, 0.25) is 0 Å². The first-order valence-corrected chi connectivity index (χ1v) is 6.74. The molecule has 0 aromatic carbocycles. The number of rotatable bonds is 5. The number of aromatic nitrogens is 6. The monoisotopic (exact) mass is 276 g/mol. The molecule has 0 spiro atoms. The summed E-state index contributed by atoms with van der Waals surface area (Å²) in [6, 6.07) is 0. The van der Waals surface area contributed by atoms with Gasteiger partial charge in [-0.2, -0.15) is 0 Å². The van der Waals surface area contributed by atoms with Crippen molar-refractivity contribution >= 4 is 5.97 Å². The fourth-order valence-electron chi connectivity index (χ4n) is 2.40. The zero-order valence-electron chi connectivity index (χ0n) is 11.1. The lowest BCUT2D eigenvalue weighted by molar-refractivity contribution is -0.136. The molecule has 20 heavy (non-hydrogen) atoms. The van der Waals surface area contributed by atoms with E-state index in [-0.39, 0.29) is 6.42 Å². The molecule has 8 heteroatoms. The van der Waals surface area contributed by atoms with Crippen LogP contribution in [-0.4, -0.2) is 40.8 Å². The molecule has 1 aliphatic heterocycles. The predicted octanol–water partition coefficient (Wildman–Crippen LogP) is 0.271. The molecule has 0 saturated heterocycles. The summed E-state index contributed by atoms with van der Waals surface area (Å²) in [5.41, 5.74) is 0.686. The zero-order chi connectivity index (χ0) is 13.9. The van der Waals surface area contributed by atoms with Crippen LogP contribution in [0.5, 0.6) is 0 Å². The maximum atomic E-state index is 10.5. The van der Waals surface area contributed by atoms with Gasteiger partial charge in [0.25, 0.3) is 0 Å². The number of carboxylic acids is 1. The zero-order valence-corrected chi connectivity index (χ0v) is 11.1. The Hall–Kier alpha value is -2.25. The minimum atomic E-state index is -0.828. The summed E-state index contributed by atoms with van der Waals surface area (Å²) in [5, 5.41) is 25.0. The van der Waals surface area contributed by atoms with Gasteiger partial charge in [0.05, 0.1) is 12.1 Å². The van der Waals surface area contributed by atoms with Crippen molar-refractivity contribution in [1.29, 1.82) is 0 Å². The quantitative estimate of drug-likeness (QED) is 0.841. The van der Waals surface area contributed by atoms with Crippen LogP contribution in [0.3, 0.4) is 0 Å². The smallest absolute Gasteiger partial charge is 0.303 e. The largest absolute Gasteiger partial charge is 0.481 e. The molecule has 0 fully saturated rings. The van der Waals surface area contributed by atoms with Gasteiger partial charge < -0.3 is 9.67 Å². The molecule has 3 rings (SSSR count). The minimum Gasteiger partial charge on any atom is -0.481 e. The Morgan fingerprint density at radius 2 is 2.20 bits per heavy atom. The number of aryl methyl sites for hydroxylation is 2. The Bertz CT molecular complexity index is 617. The van der Waals surface area contributed by atoms with Crippen molar-refractivity contribution in [3.05, 3.63) is 23.5 Å². The van der Waals surface area contributed by atoms with Crippen LogP contribution in [0.25, 0.3) is 0 Å². The number of hydrogen-bond acceptors (Lipinski definition) is 5. The highest BCUT2D eigenvalue weighted by Crippen LogP contribution is 2.14. The summed E-state index contributed by atoms with van der Waals surface area (Å²) in [6.07, 6.45) is 5.54. The van der Waals surface area contributed by atoms with Gasteiger partial charge in [0, 0.05) is 25.6 Å². The molecule has 0 radical (unpaired) electrons. The highest BCUT2D eigenvalue weighted by atomic mass is 16.4. The lowest BCUT2D eigenvalue weighted by atomic mass is 10.2. The van der Waals surface area contributed by atoms with Crippen LogP contribution in [0, 0.1) is 0 Å². The standard InChI is InChI=1S/C12H16N6O2/c19-12(20)5-4-9-7-17(16-13-9)8-11-15-14-10-3-1-2-6-18(10)11/h7H,1-6,8H2,(H,19,20). The van der Waals surface area contributed by atoms with Crippen LogP contribution in [0.2, 0.25) is 0 Å². The van der Waals surface area contributed by atoms with E-state index in [1.54, 1.807) is 10.9 Å². The Balaban J connectivity index is 1.69. The summed E-state index contributed by atoms with van der Waals surface area (Å²) in [5.74, 6) is 1.10. The van der Waals surface area contributed by atoms with Crippen LogP contribution in [-0.2, 0) is 30.7 Å². The van der Waals surface area contributed by atoms with Gasteiger partial charge in [-0.1, -0.05) is 5.21 Å². The predicted molar refractivity (Wildman–Crippen MR) is 68.0 cm³/mol. The van der Waals surface area contributed by atoms with Crippen molar-refractivity contribution in [2.75, 3.05) is 0 Å². The molecule has 1 N–H and O–H groups in total. The number of carboxylic acid groups (broad SMARTS) is 1. The van der Waals surface area contributed by atoms with E-state index < -0.39 is 5.97 Å². The third-order valence-electron chi connectivity index (χ3n) is 3.42. The summed E-state index contributed by atoms with van der Waals surface area (Å²) >= 11 is 0. The second kappa shape index (κ2) is 5.40. The van der Waals surface area contributed by atoms with E-state index in [9.17, 15) is 4.79 Å². The molecule has 0 unspecified atom stereocenters. The van der Waals surface area contributed by atoms with E-state index >= 15 is 0 Å². The van der Waals surface area contributed by atoms with E-state index in [1.807, 2.05) is 0 Å². The molecule has 2 aromatic heterocycles. The average molecular weight is 276 g/mol. The molecule has 0 aliphatic carbocycles. The van der Waals surface area contributed by atoms with E-state index in [4.69, 9.17) is 5.11 Å². The number of hydrogen-bond donors (Lipinski definition) is 1. The molecular formula is C12H16N6O2. The molecule has 2 aromatic rings. The molecule has 0 amide bonds. The number of fused-ring (bicyclic) bond motifs is 1. The molecule has 8 nitrogen and oxygen atoms in total. The first-order valence-electron chi connectivity index (χ1n) is 6.74. The van der Waals surface area contributed by atoms with Crippen LogP contribution in [0.15, 0.2) is 6.20 Å². The van der Waals surface area contributed by atoms with E-state index in [1.165, 1.54) is 6.42 Å². The Kier molecular flexibility index (Phi) is 3.44. The van der Waals surface area contributed by atoms with Gasteiger partial charge in [-0.25, -0.2) is 4.68 Å². The molecule has 1 aliphatic rings. The van der Waals surface area contributed by atoms with Gasteiger partial charge in [0.15, 0.2) is 5.82 Å². The lowest BCUT2D eigenvalue weighted by Crippen LogP contribution is -2.15. The summed E-state index contributed by atoms with van der Waals surface area (Å²) in [4.78, 5) is 10.5. The highest BCUT2D eigenvalue weighted by Gasteiger charge is 2.16. The molecule has 106 valence electrons. The Labute approximate surface area is 115 Å². The van der Waals surface area contributed by atoms with E-state index in [2.05, 4.69) is 25.1 Å². The molecule has 0 bridgehead atoms. The first-order chi connectivity index (χ1) is 9.72. The third-order valence-corrected chi connectivity index (χ3v) is 3.42. The van der Waals surface area contributed by atoms with Crippen LogP contribution < -0.4 is 0 Å². The van der Waals surface area contributed by atoms with Gasteiger partial charge in [0.1, 0.15) is 12.4 Å². The van der Waals surface area contributed by atoms with E-state index in [0.29, 0.717) is 18.7 Å². The average Bonchev–Trinajstić information content (AvgIpc) is 3.05. The summed E-state index contributed by atoms with van der Waals surface area (Å²) in [7, 11) is 0. The van der Waals surface area contributed by atoms with Gasteiger partial charge in [-0.3, -0.25) is 4.79 Å². The van der Waals surface area contributed by atoms with Crippen molar-refractivity contribution in [1.82, 2.24) is 29.8 Å². The fraction of sp³-hybridized carbons (Fsp3) is 0.583. The lowest BCUT2D eigenvalue weighted by Gasteiger charge is -2.14. The second-order valence-electron chi connectivity index (χ2n) is 4.94.